The molecule has 0 saturated carbocycles. The standard InChI is InChI=1S/C12H15BrN4O2/c1-17(8-4-5-14-6-8)7-11-15-16-12(19-11)9-2-3-10(13)18-9/h2-3,8,14H,4-7H2,1H3. The first-order valence-electron chi connectivity index (χ1n) is 6.21. The van der Waals surface area contributed by atoms with Crippen molar-refractivity contribution in [1.82, 2.24) is 20.4 Å². The maximum atomic E-state index is 5.61. The molecule has 0 aliphatic carbocycles. The Hall–Kier alpha value is -1.18. The summed E-state index contributed by atoms with van der Waals surface area (Å²) in [6, 6.07) is 4.13. The van der Waals surface area contributed by atoms with Crippen LogP contribution < -0.4 is 5.32 Å². The summed E-state index contributed by atoms with van der Waals surface area (Å²) >= 11 is 3.25. The van der Waals surface area contributed by atoms with Crippen LogP contribution in [0.3, 0.4) is 0 Å². The van der Waals surface area contributed by atoms with Gasteiger partial charge in [-0.2, -0.15) is 0 Å². The van der Waals surface area contributed by atoms with E-state index in [0.29, 0.717) is 34.8 Å². The van der Waals surface area contributed by atoms with Gasteiger partial charge in [0, 0.05) is 12.6 Å². The van der Waals surface area contributed by atoms with Crippen LogP contribution in [0.5, 0.6) is 0 Å². The van der Waals surface area contributed by atoms with E-state index in [4.69, 9.17) is 8.83 Å². The summed E-state index contributed by atoms with van der Waals surface area (Å²) in [6.07, 6.45) is 1.16. The zero-order chi connectivity index (χ0) is 13.2. The Labute approximate surface area is 119 Å². The van der Waals surface area contributed by atoms with Gasteiger partial charge in [-0.15, -0.1) is 10.2 Å². The summed E-state index contributed by atoms with van der Waals surface area (Å²) in [7, 11) is 2.07. The second kappa shape index (κ2) is 5.44. The van der Waals surface area contributed by atoms with Crippen LogP contribution in [0.1, 0.15) is 12.3 Å². The second-order valence-corrected chi connectivity index (χ2v) is 5.45. The number of hydrogen-bond donors (Lipinski definition) is 1. The molecule has 1 N–H and O–H groups in total. The topological polar surface area (TPSA) is 67.3 Å². The third-order valence-electron chi connectivity index (χ3n) is 3.29. The number of furan rings is 1. The van der Waals surface area contributed by atoms with Gasteiger partial charge in [-0.1, -0.05) is 0 Å². The lowest BCUT2D eigenvalue weighted by atomic mass is 10.2. The molecule has 0 amide bonds. The molecule has 19 heavy (non-hydrogen) atoms. The summed E-state index contributed by atoms with van der Waals surface area (Å²) in [5.41, 5.74) is 0. The van der Waals surface area contributed by atoms with Gasteiger partial charge in [0.1, 0.15) is 0 Å². The minimum absolute atomic E-state index is 0.415. The van der Waals surface area contributed by atoms with Gasteiger partial charge in [0.2, 0.25) is 5.89 Å². The molecule has 1 unspecified atom stereocenters. The SMILES string of the molecule is CN(Cc1nnc(-c2ccc(Br)o2)o1)C1CCNC1. The van der Waals surface area contributed by atoms with Gasteiger partial charge in [-0.05, 0) is 48.1 Å². The molecule has 0 bridgehead atoms. The van der Waals surface area contributed by atoms with Gasteiger partial charge >= 0.3 is 0 Å². The Bertz CT molecular complexity index is 547. The van der Waals surface area contributed by atoms with Gasteiger partial charge in [0.15, 0.2) is 10.4 Å². The van der Waals surface area contributed by atoms with E-state index >= 15 is 0 Å². The van der Waals surface area contributed by atoms with Crippen LogP contribution in [0, 0.1) is 0 Å². The summed E-state index contributed by atoms with van der Waals surface area (Å²) in [4.78, 5) is 2.23. The van der Waals surface area contributed by atoms with Gasteiger partial charge in [-0.25, -0.2) is 0 Å². The first kappa shape index (κ1) is 12.8. The van der Waals surface area contributed by atoms with Crippen molar-refractivity contribution in [3.8, 4) is 11.7 Å². The van der Waals surface area contributed by atoms with E-state index in [-0.39, 0.29) is 0 Å². The maximum absolute atomic E-state index is 5.61. The van der Waals surface area contributed by atoms with E-state index in [1.54, 1.807) is 12.1 Å². The predicted molar refractivity (Wildman–Crippen MR) is 72.4 cm³/mol. The van der Waals surface area contributed by atoms with Gasteiger partial charge < -0.3 is 14.2 Å². The van der Waals surface area contributed by atoms with Crippen LogP contribution in [0.15, 0.2) is 25.6 Å². The number of rotatable bonds is 4. The van der Waals surface area contributed by atoms with E-state index in [9.17, 15) is 0 Å². The number of nitrogens with one attached hydrogen (secondary N) is 1. The fourth-order valence-electron chi connectivity index (χ4n) is 2.20. The van der Waals surface area contributed by atoms with Crippen molar-refractivity contribution >= 4 is 15.9 Å². The van der Waals surface area contributed by atoms with Crippen LogP contribution in [-0.4, -0.2) is 41.3 Å². The smallest absolute Gasteiger partial charge is 0.283 e. The minimum atomic E-state index is 0.415. The van der Waals surface area contributed by atoms with Crippen molar-refractivity contribution < 1.29 is 8.83 Å². The lowest BCUT2D eigenvalue weighted by Crippen LogP contribution is -2.32. The molecule has 1 atom stereocenters. The molecule has 1 fully saturated rings. The summed E-state index contributed by atoms with van der Waals surface area (Å²) in [5, 5.41) is 11.4. The lowest BCUT2D eigenvalue weighted by molar-refractivity contribution is 0.225. The molecule has 6 nitrogen and oxygen atoms in total. The highest BCUT2D eigenvalue weighted by molar-refractivity contribution is 9.10. The monoisotopic (exact) mass is 326 g/mol. The lowest BCUT2D eigenvalue weighted by Gasteiger charge is -2.21. The van der Waals surface area contributed by atoms with Crippen molar-refractivity contribution in [3.05, 3.63) is 22.7 Å². The number of nitrogens with zero attached hydrogens (tertiary/aromatic N) is 3. The van der Waals surface area contributed by atoms with E-state index in [1.807, 2.05) is 0 Å². The number of halogens is 1. The molecule has 1 aliphatic rings. The Morgan fingerprint density at radius 2 is 2.32 bits per heavy atom. The predicted octanol–water partition coefficient (Wildman–Crippen LogP) is 1.89. The molecule has 0 radical (unpaired) electrons. The number of likely N-dealkylation sites (N-methyl/N-ethyl adjacent to an activating group) is 1. The van der Waals surface area contributed by atoms with Crippen LogP contribution in [0.4, 0.5) is 0 Å². The van der Waals surface area contributed by atoms with E-state index < -0.39 is 0 Å². The molecular weight excluding hydrogens is 312 g/mol. The van der Waals surface area contributed by atoms with Crippen LogP contribution >= 0.6 is 15.9 Å². The Balaban J connectivity index is 1.67. The maximum Gasteiger partial charge on any atom is 0.283 e. The number of aromatic nitrogens is 2. The quantitative estimate of drug-likeness (QED) is 0.925. The first-order valence-corrected chi connectivity index (χ1v) is 7.01. The summed E-state index contributed by atoms with van der Waals surface area (Å²) < 4.78 is 11.6. The fourth-order valence-corrected chi connectivity index (χ4v) is 2.51. The summed E-state index contributed by atoms with van der Waals surface area (Å²) in [5.74, 6) is 1.60. The van der Waals surface area contributed by atoms with E-state index in [2.05, 4.69) is 43.4 Å². The van der Waals surface area contributed by atoms with Crippen LogP contribution in [0.2, 0.25) is 0 Å². The van der Waals surface area contributed by atoms with E-state index in [1.165, 1.54) is 0 Å². The molecule has 3 rings (SSSR count). The van der Waals surface area contributed by atoms with Crippen LogP contribution in [-0.2, 0) is 6.54 Å². The van der Waals surface area contributed by atoms with E-state index in [0.717, 1.165) is 19.5 Å². The van der Waals surface area contributed by atoms with Crippen molar-refractivity contribution in [2.45, 2.75) is 19.0 Å². The van der Waals surface area contributed by atoms with Gasteiger partial charge in [0.25, 0.3) is 5.89 Å². The van der Waals surface area contributed by atoms with Crippen molar-refractivity contribution in [3.63, 3.8) is 0 Å². The molecule has 0 aromatic carbocycles. The highest BCUT2D eigenvalue weighted by Crippen LogP contribution is 2.24. The third-order valence-corrected chi connectivity index (χ3v) is 3.72. The molecule has 2 aromatic heterocycles. The Morgan fingerprint density at radius 1 is 1.42 bits per heavy atom. The third kappa shape index (κ3) is 2.88. The minimum Gasteiger partial charge on any atom is -0.444 e. The van der Waals surface area contributed by atoms with Gasteiger partial charge in [-0.3, -0.25) is 4.90 Å². The normalized spacial score (nSPS) is 19.4. The Kier molecular flexibility index (Phi) is 3.67. The highest BCUT2D eigenvalue weighted by atomic mass is 79.9. The van der Waals surface area contributed by atoms with Crippen molar-refractivity contribution in [2.75, 3.05) is 20.1 Å². The fraction of sp³-hybridized carbons (Fsp3) is 0.500. The van der Waals surface area contributed by atoms with Crippen molar-refractivity contribution in [1.29, 1.82) is 0 Å². The first-order chi connectivity index (χ1) is 9.22. The van der Waals surface area contributed by atoms with Crippen molar-refractivity contribution in [2.24, 2.45) is 0 Å². The molecule has 1 aliphatic heterocycles. The average Bonchev–Trinajstić information content (AvgIpc) is 3.07. The summed E-state index contributed by atoms with van der Waals surface area (Å²) in [6.45, 7) is 2.74. The molecule has 0 spiro atoms. The average molecular weight is 327 g/mol. The molecule has 7 heteroatoms. The highest BCUT2D eigenvalue weighted by Gasteiger charge is 2.21. The Morgan fingerprint density at radius 3 is 3.00 bits per heavy atom. The zero-order valence-corrected chi connectivity index (χ0v) is 12.2. The molecule has 1 saturated heterocycles. The molecule has 2 aromatic rings. The second-order valence-electron chi connectivity index (χ2n) is 4.67. The number of hydrogen-bond acceptors (Lipinski definition) is 6. The zero-order valence-electron chi connectivity index (χ0n) is 10.6. The molecule has 102 valence electrons. The largest absolute Gasteiger partial charge is 0.444 e. The molecule has 3 heterocycles. The molecular formula is C12H15BrN4O2. The van der Waals surface area contributed by atoms with Crippen LogP contribution in [0.25, 0.3) is 11.7 Å². The van der Waals surface area contributed by atoms with Gasteiger partial charge in [0.05, 0.1) is 6.54 Å².